The Hall–Kier alpha value is -2.77. The lowest BCUT2D eigenvalue weighted by molar-refractivity contribution is 0.205. The van der Waals surface area contributed by atoms with Crippen LogP contribution in [0.4, 0.5) is 25.1 Å². The molecule has 0 unspecified atom stereocenters. The molecule has 132 valence electrons. The minimum absolute atomic E-state index is 0.0508. The van der Waals surface area contributed by atoms with E-state index in [0.29, 0.717) is 25.3 Å². The molecule has 0 atom stereocenters. The second kappa shape index (κ2) is 6.62. The summed E-state index contributed by atoms with van der Waals surface area (Å²) in [4.78, 5) is 24.8. The summed E-state index contributed by atoms with van der Waals surface area (Å²) in [6, 6.07) is 2.60. The average molecular weight is 347 g/mol. The number of anilines is 2. The fourth-order valence-electron chi connectivity index (χ4n) is 2.85. The van der Waals surface area contributed by atoms with Crippen LogP contribution in [0.5, 0.6) is 0 Å². The molecule has 0 fully saturated rings. The van der Waals surface area contributed by atoms with Crippen molar-refractivity contribution in [1.82, 2.24) is 14.9 Å². The van der Waals surface area contributed by atoms with Crippen LogP contribution in [0.25, 0.3) is 0 Å². The van der Waals surface area contributed by atoms with E-state index in [1.54, 1.807) is 4.90 Å². The van der Waals surface area contributed by atoms with Gasteiger partial charge in [-0.3, -0.25) is 0 Å². The van der Waals surface area contributed by atoms with Gasteiger partial charge in [-0.05, 0) is 19.1 Å². The van der Waals surface area contributed by atoms with Gasteiger partial charge in [0.1, 0.15) is 23.3 Å². The molecule has 2 aromatic rings. The van der Waals surface area contributed by atoms with Crippen LogP contribution >= 0.6 is 0 Å². The maximum atomic E-state index is 13.7. The van der Waals surface area contributed by atoms with Crippen molar-refractivity contribution in [3.05, 3.63) is 46.9 Å². The van der Waals surface area contributed by atoms with Gasteiger partial charge in [0.05, 0.1) is 17.9 Å². The Kier molecular flexibility index (Phi) is 4.52. The zero-order valence-electron chi connectivity index (χ0n) is 14.3. The molecule has 0 radical (unpaired) electrons. The smallest absolute Gasteiger partial charge is 0.322 e. The molecule has 2 amide bonds. The lowest BCUT2D eigenvalue weighted by Gasteiger charge is -2.31. The molecule has 0 saturated carbocycles. The van der Waals surface area contributed by atoms with Gasteiger partial charge < -0.3 is 15.1 Å². The number of carbonyl (C=O) groups excluding carboxylic acids is 1. The van der Waals surface area contributed by atoms with Crippen LogP contribution in [0.3, 0.4) is 0 Å². The molecule has 1 aliphatic rings. The highest BCUT2D eigenvalue weighted by Crippen LogP contribution is 2.26. The lowest BCUT2D eigenvalue weighted by Crippen LogP contribution is -2.40. The van der Waals surface area contributed by atoms with Crippen molar-refractivity contribution in [2.75, 3.05) is 30.9 Å². The van der Waals surface area contributed by atoms with Gasteiger partial charge >= 0.3 is 6.03 Å². The molecule has 2 heterocycles. The van der Waals surface area contributed by atoms with E-state index in [9.17, 15) is 13.6 Å². The lowest BCUT2D eigenvalue weighted by atomic mass is 10.1. The highest BCUT2D eigenvalue weighted by Gasteiger charge is 2.26. The Morgan fingerprint density at radius 2 is 2.04 bits per heavy atom. The van der Waals surface area contributed by atoms with E-state index in [1.807, 2.05) is 25.9 Å². The highest BCUT2D eigenvalue weighted by atomic mass is 19.1. The minimum Gasteiger partial charge on any atom is -0.362 e. The number of benzene rings is 1. The summed E-state index contributed by atoms with van der Waals surface area (Å²) in [5.74, 6) is -0.0362. The Bertz CT molecular complexity index is 825. The number of amides is 2. The van der Waals surface area contributed by atoms with Gasteiger partial charge in [0.2, 0.25) is 0 Å². The normalized spacial score (nSPS) is 13.4. The van der Waals surface area contributed by atoms with E-state index in [4.69, 9.17) is 0 Å². The fourth-order valence-corrected chi connectivity index (χ4v) is 2.85. The molecule has 25 heavy (non-hydrogen) atoms. The summed E-state index contributed by atoms with van der Waals surface area (Å²) in [5, 5.41) is 2.49. The van der Waals surface area contributed by atoms with Crippen LogP contribution in [-0.4, -0.2) is 41.5 Å². The number of rotatable bonds is 2. The summed E-state index contributed by atoms with van der Waals surface area (Å²) in [6.07, 6.45) is 0.596. The van der Waals surface area contributed by atoms with Crippen LogP contribution in [0.15, 0.2) is 18.2 Å². The van der Waals surface area contributed by atoms with Crippen LogP contribution in [0.1, 0.15) is 17.1 Å². The topological polar surface area (TPSA) is 61.4 Å². The maximum Gasteiger partial charge on any atom is 0.322 e. The van der Waals surface area contributed by atoms with Crippen molar-refractivity contribution in [2.45, 2.75) is 19.9 Å². The Morgan fingerprint density at radius 3 is 2.72 bits per heavy atom. The second-order valence-electron chi connectivity index (χ2n) is 6.14. The first-order valence-corrected chi connectivity index (χ1v) is 7.90. The second-order valence-corrected chi connectivity index (χ2v) is 6.14. The number of urea groups is 1. The minimum atomic E-state index is -0.807. The van der Waals surface area contributed by atoms with Gasteiger partial charge in [-0.2, -0.15) is 0 Å². The van der Waals surface area contributed by atoms with E-state index in [0.717, 1.165) is 29.2 Å². The number of hydrogen-bond donors (Lipinski definition) is 1. The predicted octanol–water partition coefficient (Wildman–Crippen LogP) is 2.72. The van der Waals surface area contributed by atoms with Crippen LogP contribution < -0.4 is 10.2 Å². The largest absolute Gasteiger partial charge is 0.362 e. The predicted molar refractivity (Wildman–Crippen MR) is 90.6 cm³/mol. The van der Waals surface area contributed by atoms with Crippen molar-refractivity contribution in [3.63, 3.8) is 0 Å². The molecular weight excluding hydrogens is 328 g/mol. The number of aromatic nitrogens is 2. The van der Waals surface area contributed by atoms with Crippen LogP contribution in [0.2, 0.25) is 0 Å². The summed E-state index contributed by atoms with van der Waals surface area (Å²) in [6.45, 7) is 2.63. The van der Waals surface area contributed by atoms with Crippen molar-refractivity contribution in [3.8, 4) is 0 Å². The third-order valence-corrected chi connectivity index (χ3v) is 4.03. The summed E-state index contributed by atoms with van der Waals surface area (Å²) in [7, 11) is 3.77. The standard InChI is InChI=1S/C17H19F2N5O/c1-10-20-14-6-7-24(9-12(14)16(21-10)23(2)3)17(25)22-15-5-4-11(18)8-13(15)19/h4-5,8H,6-7,9H2,1-3H3,(H,22,25). The molecular formula is C17H19F2N5O. The van der Waals surface area contributed by atoms with E-state index in [2.05, 4.69) is 15.3 Å². The maximum absolute atomic E-state index is 13.7. The molecule has 0 bridgehead atoms. The molecule has 1 aliphatic heterocycles. The van der Waals surface area contributed by atoms with E-state index < -0.39 is 17.7 Å². The number of nitrogens with one attached hydrogen (secondary N) is 1. The molecule has 0 spiro atoms. The van der Waals surface area contributed by atoms with Crippen molar-refractivity contribution in [2.24, 2.45) is 0 Å². The number of carbonyl (C=O) groups is 1. The van der Waals surface area contributed by atoms with E-state index >= 15 is 0 Å². The molecule has 0 aliphatic carbocycles. The number of fused-ring (bicyclic) bond motifs is 1. The molecule has 1 aromatic heterocycles. The molecule has 3 rings (SSSR count). The number of hydrogen-bond acceptors (Lipinski definition) is 4. The quantitative estimate of drug-likeness (QED) is 0.907. The van der Waals surface area contributed by atoms with Crippen LogP contribution in [-0.2, 0) is 13.0 Å². The number of nitrogens with zero attached hydrogens (tertiary/aromatic N) is 4. The number of halogens is 2. The zero-order valence-corrected chi connectivity index (χ0v) is 14.3. The molecule has 8 heteroatoms. The first-order chi connectivity index (χ1) is 11.8. The van der Waals surface area contributed by atoms with Crippen molar-refractivity contribution >= 4 is 17.5 Å². The Labute approximate surface area is 144 Å². The third kappa shape index (κ3) is 3.52. The van der Waals surface area contributed by atoms with Gasteiger partial charge in [0.25, 0.3) is 0 Å². The summed E-state index contributed by atoms with van der Waals surface area (Å²) >= 11 is 0. The van der Waals surface area contributed by atoms with E-state index in [1.165, 1.54) is 6.07 Å². The van der Waals surface area contributed by atoms with Gasteiger partial charge in [-0.25, -0.2) is 23.5 Å². The highest BCUT2D eigenvalue weighted by molar-refractivity contribution is 5.89. The summed E-state index contributed by atoms with van der Waals surface area (Å²) in [5.41, 5.74) is 1.76. The van der Waals surface area contributed by atoms with E-state index in [-0.39, 0.29) is 5.69 Å². The van der Waals surface area contributed by atoms with Crippen LogP contribution in [0, 0.1) is 18.6 Å². The van der Waals surface area contributed by atoms with Gasteiger partial charge in [-0.15, -0.1) is 0 Å². The zero-order chi connectivity index (χ0) is 18.1. The first-order valence-electron chi connectivity index (χ1n) is 7.90. The van der Waals surface area contributed by atoms with Crippen molar-refractivity contribution in [1.29, 1.82) is 0 Å². The Morgan fingerprint density at radius 1 is 1.28 bits per heavy atom. The molecule has 0 saturated heterocycles. The summed E-state index contributed by atoms with van der Waals surface area (Å²) < 4.78 is 26.7. The third-order valence-electron chi connectivity index (χ3n) is 4.03. The van der Waals surface area contributed by atoms with Gasteiger partial charge in [-0.1, -0.05) is 0 Å². The average Bonchev–Trinajstić information content (AvgIpc) is 2.56. The SMILES string of the molecule is Cc1nc2c(c(N(C)C)n1)CN(C(=O)Nc1ccc(F)cc1F)CC2. The molecule has 1 N–H and O–H groups in total. The molecule has 6 nitrogen and oxygen atoms in total. The fraction of sp³-hybridized carbons (Fsp3) is 0.353. The van der Waals surface area contributed by atoms with Gasteiger partial charge in [0.15, 0.2) is 0 Å². The van der Waals surface area contributed by atoms with Crippen molar-refractivity contribution < 1.29 is 13.6 Å². The monoisotopic (exact) mass is 347 g/mol. The first kappa shape index (κ1) is 17.1. The number of aryl methyl sites for hydroxylation is 1. The molecule has 1 aromatic carbocycles. The van der Waals surface area contributed by atoms with Gasteiger partial charge in [0, 0.05) is 38.7 Å². The Balaban J connectivity index is 1.81.